The predicted molar refractivity (Wildman–Crippen MR) is 297 cm³/mol. The van der Waals surface area contributed by atoms with E-state index in [9.17, 15) is 14.4 Å². The summed E-state index contributed by atoms with van der Waals surface area (Å²) in [6.07, 6.45) is 78.7. The number of unbranched alkanes of at least 4 members (excludes halogenated alkanes) is 15. The predicted octanol–water partition coefficient (Wildman–Crippen LogP) is 18.6. The maximum absolute atomic E-state index is 12.8. The minimum absolute atomic E-state index is 0.105. The molecule has 0 aromatic heterocycles. The van der Waals surface area contributed by atoms with Gasteiger partial charge in [-0.2, -0.15) is 0 Å². The van der Waals surface area contributed by atoms with Gasteiger partial charge in [0.05, 0.1) is 0 Å². The summed E-state index contributed by atoms with van der Waals surface area (Å²) in [6, 6.07) is 0. The van der Waals surface area contributed by atoms with Gasteiger partial charge >= 0.3 is 17.9 Å². The van der Waals surface area contributed by atoms with Crippen molar-refractivity contribution in [2.45, 2.75) is 232 Å². The molecular formula is C63H100O6. The Balaban J connectivity index is 4.43. The van der Waals surface area contributed by atoms with Crippen LogP contribution in [0.3, 0.4) is 0 Å². The first-order valence-corrected chi connectivity index (χ1v) is 27.7. The molecule has 6 heteroatoms. The molecule has 0 saturated carbocycles. The largest absolute Gasteiger partial charge is 0.462 e. The quantitative estimate of drug-likeness (QED) is 0.0262. The molecule has 0 N–H and O–H groups in total. The fourth-order valence-electron chi connectivity index (χ4n) is 7.08. The average Bonchev–Trinajstić information content (AvgIpc) is 3.35. The Morgan fingerprint density at radius 3 is 0.826 bits per heavy atom. The lowest BCUT2D eigenvalue weighted by Gasteiger charge is -2.18. The molecule has 69 heavy (non-hydrogen) atoms. The second kappa shape index (κ2) is 56.1. The van der Waals surface area contributed by atoms with E-state index in [4.69, 9.17) is 14.2 Å². The molecule has 0 amide bonds. The first-order chi connectivity index (χ1) is 34.0. The zero-order valence-electron chi connectivity index (χ0n) is 44.3. The molecule has 0 radical (unpaired) electrons. The summed E-state index contributed by atoms with van der Waals surface area (Å²) in [6.45, 7) is 6.23. The molecule has 388 valence electrons. The van der Waals surface area contributed by atoms with E-state index in [1.54, 1.807) is 0 Å². The van der Waals surface area contributed by atoms with Crippen molar-refractivity contribution in [3.8, 4) is 0 Å². The van der Waals surface area contributed by atoms with Gasteiger partial charge in [-0.25, -0.2) is 0 Å². The Hall–Kier alpha value is -4.45. The number of hydrogen-bond donors (Lipinski definition) is 0. The minimum Gasteiger partial charge on any atom is -0.462 e. The number of allylic oxidation sites excluding steroid dienone is 22. The van der Waals surface area contributed by atoms with Crippen molar-refractivity contribution in [2.24, 2.45) is 0 Å². The summed E-state index contributed by atoms with van der Waals surface area (Å²) in [7, 11) is 0. The third kappa shape index (κ3) is 54.4. The van der Waals surface area contributed by atoms with E-state index in [1.165, 1.54) is 25.7 Å². The molecule has 0 aliphatic carbocycles. The maximum atomic E-state index is 12.8. The summed E-state index contributed by atoms with van der Waals surface area (Å²) in [5.74, 6) is -0.969. The van der Waals surface area contributed by atoms with Crippen molar-refractivity contribution in [3.63, 3.8) is 0 Å². The van der Waals surface area contributed by atoms with Crippen LogP contribution in [0.2, 0.25) is 0 Å². The SMILES string of the molecule is CC/C=C\C/C=C\C/C=C\C/C=C\C/C=C\CCCCCCCCCC(=O)OCC(COC(=O)CCCCC/C=C\C/C=C\C/C=C\CC)OC(=O)CCCCCCC/C=C\C/C=C\C/C=C\CC. The zero-order chi connectivity index (χ0) is 50.0. The molecule has 1 atom stereocenters. The lowest BCUT2D eigenvalue weighted by molar-refractivity contribution is -0.167. The van der Waals surface area contributed by atoms with Gasteiger partial charge in [-0.15, -0.1) is 0 Å². The van der Waals surface area contributed by atoms with Crippen LogP contribution in [0.1, 0.15) is 226 Å². The highest BCUT2D eigenvalue weighted by Crippen LogP contribution is 2.13. The van der Waals surface area contributed by atoms with E-state index < -0.39 is 6.10 Å². The first-order valence-electron chi connectivity index (χ1n) is 27.7. The van der Waals surface area contributed by atoms with Gasteiger partial charge in [0.25, 0.3) is 0 Å². The Bertz CT molecular complexity index is 1510. The summed E-state index contributed by atoms with van der Waals surface area (Å²) in [4.78, 5) is 38.1. The molecule has 0 bridgehead atoms. The minimum atomic E-state index is -0.809. The van der Waals surface area contributed by atoms with Crippen molar-refractivity contribution in [1.82, 2.24) is 0 Å². The molecule has 6 nitrogen and oxygen atoms in total. The molecular weight excluding hydrogens is 853 g/mol. The fraction of sp³-hybridized carbons (Fsp3) is 0.603. The lowest BCUT2D eigenvalue weighted by Crippen LogP contribution is -2.30. The van der Waals surface area contributed by atoms with Gasteiger partial charge in [-0.1, -0.05) is 212 Å². The number of ether oxygens (including phenoxy) is 3. The number of carbonyl (C=O) groups is 3. The van der Waals surface area contributed by atoms with Crippen LogP contribution in [0, 0.1) is 0 Å². The van der Waals surface area contributed by atoms with Gasteiger partial charge in [-0.3, -0.25) is 14.4 Å². The highest BCUT2D eigenvalue weighted by molar-refractivity contribution is 5.71. The standard InChI is InChI=1S/C63H100O6/c1-4-7-10-13-16-19-22-25-27-28-29-30-31-32-33-34-36-38-41-44-47-50-53-56-62(65)68-59-60(58-67-61(64)55-52-49-46-43-40-37-24-21-18-15-12-9-6-3)69-63(66)57-54-51-48-45-42-39-35-26-23-20-17-14-11-8-5-2/h7-12,16-21,25-27,29-30,32-33,35,37,40,60H,4-6,13-15,22-24,28,31,34,36,38-39,41-59H2,1-3H3/b10-7-,11-8-,12-9-,19-16-,20-17-,21-18-,27-25-,30-29-,33-32-,35-26-,40-37-. The van der Waals surface area contributed by atoms with Crippen molar-refractivity contribution in [1.29, 1.82) is 0 Å². The normalized spacial score (nSPS) is 13.1. The van der Waals surface area contributed by atoms with Crippen LogP contribution in [-0.4, -0.2) is 37.2 Å². The Morgan fingerprint density at radius 1 is 0.290 bits per heavy atom. The van der Waals surface area contributed by atoms with Gasteiger partial charge in [-0.05, 0) is 128 Å². The smallest absolute Gasteiger partial charge is 0.306 e. The summed E-state index contributed by atoms with van der Waals surface area (Å²) in [5, 5.41) is 0. The van der Waals surface area contributed by atoms with Crippen LogP contribution in [-0.2, 0) is 28.6 Å². The van der Waals surface area contributed by atoms with Crippen LogP contribution >= 0.6 is 0 Å². The fourth-order valence-corrected chi connectivity index (χ4v) is 7.08. The summed E-state index contributed by atoms with van der Waals surface area (Å²) < 4.78 is 16.8. The molecule has 0 heterocycles. The van der Waals surface area contributed by atoms with Crippen LogP contribution in [0.25, 0.3) is 0 Å². The Labute approximate surface area is 424 Å². The van der Waals surface area contributed by atoms with Crippen LogP contribution in [0.15, 0.2) is 134 Å². The van der Waals surface area contributed by atoms with E-state index in [-0.39, 0.29) is 31.1 Å². The zero-order valence-corrected chi connectivity index (χ0v) is 44.3. The second-order valence-corrected chi connectivity index (χ2v) is 17.7. The number of carbonyl (C=O) groups excluding carboxylic acids is 3. The lowest BCUT2D eigenvalue weighted by atomic mass is 10.1. The van der Waals surface area contributed by atoms with Crippen molar-refractivity contribution >= 4 is 17.9 Å². The summed E-state index contributed by atoms with van der Waals surface area (Å²) in [5.41, 5.74) is 0. The molecule has 0 aliphatic heterocycles. The van der Waals surface area contributed by atoms with Gasteiger partial charge in [0.15, 0.2) is 6.10 Å². The third-order valence-electron chi connectivity index (χ3n) is 11.1. The van der Waals surface area contributed by atoms with Crippen LogP contribution in [0.4, 0.5) is 0 Å². The van der Waals surface area contributed by atoms with E-state index >= 15 is 0 Å². The monoisotopic (exact) mass is 953 g/mol. The molecule has 0 spiro atoms. The molecule has 0 fully saturated rings. The molecule has 0 aromatic carbocycles. The second-order valence-electron chi connectivity index (χ2n) is 17.7. The molecule has 0 aromatic rings. The molecule has 0 saturated heterocycles. The van der Waals surface area contributed by atoms with Crippen LogP contribution < -0.4 is 0 Å². The van der Waals surface area contributed by atoms with E-state index in [0.717, 1.165) is 161 Å². The van der Waals surface area contributed by atoms with Gasteiger partial charge < -0.3 is 14.2 Å². The van der Waals surface area contributed by atoms with E-state index in [0.29, 0.717) is 19.3 Å². The number of esters is 3. The van der Waals surface area contributed by atoms with Crippen LogP contribution in [0.5, 0.6) is 0 Å². The summed E-state index contributed by atoms with van der Waals surface area (Å²) >= 11 is 0. The van der Waals surface area contributed by atoms with Gasteiger partial charge in [0.1, 0.15) is 13.2 Å². The topological polar surface area (TPSA) is 78.9 Å². The highest BCUT2D eigenvalue weighted by Gasteiger charge is 2.19. The number of rotatable bonds is 48. The number of hydrogen-bond acceptors (Lipinski definition) is 6. The van der Waals surface area contributed by atoms with Crippen molar-refractivity contribution in [3.05, 3.63) is 134 Å². The van der Waals surface area contributed by atoms with E-state index in [1.807, 2.05) is 0 Å². The maximum Gasteiger partial charge on any atom is 0.306 e. The third-order valence-corrected chi connectivity index (χ3v) is 11.1. The Morgan fingerprint density at radius 2 is 0.522 bits per heavy atom. The van der Waals surface area contributed by atoms with Gasteiger partial charge in [0, 0.05) is 19.3 Å². The molecule has 1 unspecified atom stereocenters. The Kier molecular flexibility index (Phi) is 52.5. The van der Waals surface area contributed by atoms with Crippen molar-refractivity contribution in [2.75, 3.05) is 13.2 Å². The van der Waals surface area contributed by atoms with Gasteiger partial charge in [0.2, 0.25) is 0 Å². The molecule has 0 aliphatic rings. The first kappa shape index (κ1) is 64.5. The van der Waals surface area contributed by atoms with Crippen molar-refractivity contribution < 1.29 is 28.6 Å². The highest BCUT2D eigenvalue weighted by atomic mass is 16.6. The molecule has 0 rings (SSSR count). The van der Waals surface area contributed by atoms with E-state index in [2.05, 4.69) is 154 Å². The average molecular weight is 953 g/mol.